The number of fused-ring (bicyclic) bond motifs is 3. The fourth-order valence-electron chi connectivity index (χ4n) is 5.05. The molecule has 2 fully saturated rings. The molecule has 8 nitrogen and oxygen atoms in total. The predicted octanol–water partition coefficient (Wildman–Crippen LogP) is 2.76. The molecule has 0 spiro atoms. The number of carboxylic acids is 1. The summed E-state index contributed by atoms with van der Waals surface area (Å²) >= 11 is 0. The molecule has 2 aromatic rings. The molecule has 2 aromatic carbocycles. The highest BCUT2D eigenvalue weighted by molar-refractivity contribution is 5.95. The average Bonchev–Trinajstić information content (AvgIpc) is 3.35. The van der Waals surface area contributed by atoms with E-state index in [1.54, 1.807) is 0 Å². The van der Waals surface area contributed by atoms with Crippen LogP contribution in [-0.4, -0.2) is 65.9 Å². The summed E-state index contributed by atoms with van der Waals surface area (Å²) in [6, 6.07) is 15.2. The Morgan fingerprint density at radius 1 is 1.06 bits per heavy atom. The summed E-state index contributed by atoms with van der Waals surface area (Å²) < 4.78 is 10.9. The second kappa shape index (κ2) is 8.19. The van der Waals surface area contributed by atoms with Gasteiger partial charge < -0.3 is 24.8 Å². The SMILES string of the molecule is COC1CC(C(=O)O)N(C(=O)C2(NC(=O)OCC3c4ccccc4-c4ccccc43)CC2)C1. The monoisotopic (exact) mass is 450 g/mol. The molecule has 33 heavy (non-hydrogen) atoms. The second-order valence-corrected chi connectivity index (χ2v) is 8.94. The van der Waals surface area contributed by atoms with Crippen LogP contribution in [0, 0.1) is 0 Å². The van der Waals surface area contributed by atoms with E-state index < -0.39 is 23.6 Å². The summed E-state index contributed by atoms with van der Waals surface area (Å²) in [5.74, 6) is -1.53. The summed E-state index contributed by atoms with van der Waals surface area (Å²) in [5, 5.41) is 12.2. The Labute approximate surface area is 191 Å². The minimum atomic E-state index is -1.10. The van der Waals surface area contributed by atoms with Gasteiger partial charge in [-0.05, 0) is 35.1 Å². The number of nitrogens with zero attached hydrogens (tertiary/aromatic N) is 1. The number of likely N-dealkylation sites (tertiary alicyclic amines) is 1. The van der Waals surface area contributed by atoms with Crippen LogP contribution < -0.4 is 5.32 Å². The maximum atomic E-state index is 13.2. The molecule has 0 aromatic heterocycles. The molecule has 2 aliphatic carbocycles. The molecule has 8 heteroatoms. The molecule has 5 rings (SSSR count). The van der Waals surface area contributed by atoms with Crippen LogP contribution in [0.3, 0.4) is 0 Å². The fourth-order valence-corrected chi connectivity index (χ4v) is 5.05. The highest BCUT2D eigenvalue weighted by Crippen LogP contribution is 2.45. The first-order valence-electron chi connectivity index (χ1n) is 11.1. The number of carbonyl (C=O) groups is 3. The van der Waals surface area contributed by atoms with Crippen molar-refractivity contribution in [3.05, 3.63) is 59.7 Å². The van der Waals surface area contributed by atoms with Crippen molar-refractivity contribution >= 4 is 18.0 Å². The lowest BCUT2D eigenvalue weighted by Crippen LogP contribution is -2.53. The number of hydrogen-bond acceptors (Lipinski definition) is 5. The Kier molecular flexibility index (Phi) is 5.32. The number of alkyl carbamates (subject to hydrolysis) is 1. The third-order valence-corrected chi connectivity index (χ3v) is 6.99. The largest absolute Gasteiger partial charge is 0.480 e. The standard InChI is InChI=1S/C25H26N2O6/c1-32-15-12-21(22(28)29)27(13-15)23(30)25(10-11-25)26-24(31)33-14-20-18-8-4-2-6-16(18)17-7-3-5-9-19(17)20/h2-9,15,20-21H,10-14H2,1H3,(H,26,31)(H,28,29). The first kappa shape index (κ1) is 21.5. The van der Waals surface area contributed by atoms with E-state index in [0.29, 0.717) is 12.8 Å². The summed E-state index contributed by atoms with van der Waals surface area (Å²) in [6.07, 6.45) is 0.142. The molecule has 172 valence electrons. The minimum absolute atomic E-state index is 0.0774. The quantitative estimate of drug-likeness (QED) is 0.701. The maximum absolute atomic E-state index is 13.2. The Bertz CT molecular complexity index is 1070. The van der Waals surface area contributed by atoms with Crippen LogP contribution in [0.2, 0.25) is 0 Å². The van der Waals surface area contributed by atoms with Gasteiger partial charge in [-0.1, -0.05) is 48.5 Å². The van der Waals surface area contributed by atoms with E-state index in [9.17, 15) is 19.5 Å². The zero-order chi connectivity index (χ0) is 23.2. The first-order valence-corrected chi connectivity index (χ1v) is 11.1. The van der Waals surface area contributed by atoms with E-state index in [0.717, 1.165) is 22.3 Å². The summed E-state index contributed by atoms with van der Waals surface area (Å²) in [6.45, 7) is 0.345. The molecule has 0 bridgehead atoms. The Balaban J connectivity index is 1.26. The summed E-state index contributed by atoms with van der Waals surface area (Å²) in [5.41, 5.74) is 3.39. The van der Waals surface area contributed by atoms with Gasteiger partial charge in [-0.25, -0.2) is 9.59 Å². The molecule has 2 unspecified atom stereocenters. The third-order valence-electron chi connectivity index (χ3n) is 6.99. The molecular weight excluding hydrogens is 424 g/mol. The lowest BCUT2D eigenvalue weighted by molar-refractivity contribution is -0.149. The van der Waals surface area contributed by atoms with Gasteiger partial charge in [-0.3, -0.25) is 4.79 Å². The highest BCUT2D eigenvalue weighted by atomic mass is 16.5. The number of aliphatic carboxylic acids is 1. The third kappa shape index (κ3) is 3.74. The van der Waals surface area contributed by atoms with Gasteiger partial charge in [0.1, 0.15) is 18.2 Å². The van der Waals surface area contributed by atoms with Crippen LogP contribution >= 0.6 is 0 Å². The number of carbonyl (C=O) groups excluding carboxylic acids is 2. The molecule has 1 saturated carbocycles. The van der Waals surface area contributed by atoms with Crippen LogP contribution in [0.4, 0.5) is 4.79 Å². The average molecular weight is 450 g/mol. The number of amides is 2. The van der Waals surface area contributed by atoms with E-state index in [1.807, 2.05) is 36.4 Å². The molecule has 0 radical (unpaired) electrons. The lowest BCUT2D eigenvalue weighted by Gasteiger charge is -2.27. The van der Waals surface area contributed by atoms with Gasteiger partial charge in [-0.15, -0.1) is 0 Å². The van der Waals surface area contributed by atoms with Crippen LogP contribution in [0.5, 0.6) is 0 Å². The zero-order valence-corrected chi connectivity index (χ0v) is 18.3. The van der Waals surface area contributed by atoms with Gasteiger partial charge in [-0.2, -0.15) is 0 Å². The van der Waals surface area contributed by atoms with Gasteiger partial charge in [0, 0.05) is 26.0 Å². The van der Waals surface area contributed by atoms with Crippen molar-refractivity contribution in [1.82, 2.24) is 10.2 Å². The number of hydrogen-bond donors (Lipinski definition) is 2. The highest BCUT2D eigenvalue weighted by Gasteiger charge is 2.56. The topological polar surface area (TPSA) is 105 Å². The number of nitrogens with one attached hydrogen (secondary N) is 1. The molecule has 1 heterocycles. The van der Waals surface area contributed by atoms with E-state index >= 15 is 0 Å². The minimum Gasteiger partial charge on any atom is -0.480 e. The van der Waals surface area contributed by atoms with Crippen molar-refractivity contribution in [2.45, 2.75) is 42.9 Å². The van der Waals surface area contributed by atoms with E-state index in [-0.39, 0.29) is 37.5 Å². The zero-order valence-electron chi connectivity index (χ0n) is 18.3. The lowest BCUT2D eigenvalue weighted by atomic mass is 9.98. The molecule has 1 saturated heterocycles. The van der Waals surface area contributed by atoms with E-state index in [2.05, 4.69) is 17.4 Å². The van der Waals surface area contributed by atoms with Crippen LogP contribution in [-0.2, 0) is 19.1 Å². The van der Waals surface area contributed by atoms with Crippen molar-refractivity contribution in [3.63, 3.8) is 0 Å². The van der Waals surface area contributed by atoms with Gasteiger partial charge in [0.2, 0.25) is 5.91 Å². The molecule has 2 atom stereocenters. The van der Waals surface area contributed by atoms with Gasteiger partial charge in [0.15, 0.2) is 0 Å². The second-order valence-electron chi connectivity index (χ2n) is 8.94. The normalized spacial score (nSPS) is 22.4. The maximum Gasteiger partial charge on any atom is 0.408 e. The smallest absolute Gasteiger partial charge is 0.408 e. The van der Waals surface area contributed by atoms with Crippen molar-refractivity contribution in [1.29, 1.82) is 0 Å². The number of rotatable bonds is 6. The van der Waals surface area contributed by atoms with Crippen molar-refractivity contribution in [2.24, 2.45) is 0 Å². The van der Waals surface area contributed by atoms with E-state index in [4.69, 9.17) is 9.47 Å². The van der Waals surface area contributed by atoms with Gasteiger partial charge >= 0.3 is 12.1 Å². The number of carboxylic acid groups (broad SMARTS) is 1. The predicted molar refractivity (Wildman–Crippen MR) is 119 cm³/mol. The Morgan fingerprint density at radius 2 is 1.67 bits per heavy atom. The first-order chi connectivity index (χ1) is 15.9. The van der Waals surface area contributed by atoms with Crippen molar-refractivity contribution < 1.29 is 29.0 Å². The fraction of sp³-hybridized carbons (Fsp3) is 0.400. The van der Waals surface area contributed by atoms with Crippen LogP contribution in [0.15, 0.2) is 48.5 Å². The molecule has 2 amide bonds. The summed E-state index contributed by atoms with van der Waals surface area (Å²) in [7, 11) is 1.50. The van der Waals surface area contributed by atoms with Crippen LogP contribution in [0.1, 0.15) is 36.3 Å². The summed E-state index contributed by atoms with van der Waals surface area (Å²) in [4.78, 5) is 38.8. The van der Waals surface area contributed by atoms with Crippen molar-refractivity contribution in [2.75, 3.05) is 20.3 Å². The number of methoxy groups -OCH3 is 1. The Morgan fingerprint density at radius 3 is 2.21 bits per heavy atom. The van der Waals surface area contributed by atoms with Crippen LogP contribution in [0.25, 0.3) is 11.1 Å². The van der Waals surface area contributed by atoms with Crippen molar-refractivity contribution in [3.8, 4) is 11.1 Å². The molecular formula is C25H26N2O6. The Hall–Kier alpha value is -3.39. The van der Waals surface area contributed by atoms with E-state index in [1.165, 1.54) is 12.0 Å². The molecule has 3 aliphatic rings. The number of benzene rings is 2. The van der Waals surface area contributed by atoms with Gasteiger partial charge in [0.05, 0.1) is 6.10 Å². The molecule has 1 aliphatic heterocycles. The molecule has 2 N–H and O–H groups in total. The van der Waals surface area contributed by atoms with Gasteiger partial charge in [0.25, 0.3) is 0 Å². The number of ether oxygens (including phenoxy) is 2.